The predicted molar refractivity (Wildman–Crippen MR) is 71.1 cm³/mol. The minimum Gasteiger partial charge on any atom is -0.302 e. The molecular formula is C14H26ClN. The van der Waals surface area contributed by atoms with E-state index in [-0.39, 0.29) is 0 Å². The molecule has 2 unspecified atom stereocenters. The lowest BCUT2D eigenvalue weighted by molar-refractivity contribution is 0.153. The first-order valence-electron chi connectivity index (χ1n) is 7.11. The van der Waals surface area contributed by atoms with Crippen molar-refractivity contribution in [3.63, 3.8) is 0 Å². The van der Waals surface area contributed by atoms with Crippen LogP contribution in [-0.2, 0) is 0 Å². The molecule has 0 amide bonds. The standard InChI is InChI=1S/C14H26ClN/c1-16(11-12-7-3-2-4-8-12)14-10-6-5-9-13(14)15/h12-14H,2-11H2,1H3. The van der Waals surface area contributed by atoms with Gasteiger partial charge in [0.1, 0.15) is 0 Å². The molecule has 0 aromatic heterocycles. The Kier molecular flexibility index (Phi) is 4.97. The molecule has 0 aromatic carbocycles. The molecule has 1 nitrogen and oxygen atoms in total. The van der Waals surface area contributed by atoms with Gasteiger partial charge in [0, 0.05) is 18.0 Å². The summed E-state index contributed by atoms with van der Waals surface area (Å²) in [6.07, 6.45) is 12.5. The SMILES string of the molecule is CN(CC1CCCCC1)C1CCCCC1Cl. The van der Waals surface area contributed by atoms with E-state index in [1.165, 1.54) is 64.3 Å². The number of nitrogens with zero attached hydrogens (tertiary/aromatic N) is 1. The summed E-state index contributed by atoms with van der Waals surface area (Å²) in [5.74, 6) is 0.949. The van der Waals surface area contributed by atoms with Crippen LogP contribution in [0.2, 0.25) is 0 Å². The van der Waals surface area contributed by atoms with Crippen molar-refractivity contribution in [2.24, 2.45) is 5.92 Å². The van der Waals surface area contributed by atoms with Gasteiger partial charge >= 0.3 is 0 Å². The number of halogens is 1. The van der Waals surface area contributed by atoms with Crippen LogP contribution in [0, 0.1) is 5.92 Å². The molecule has 2 fully saturated rings. The maximum atomic E-state index is 6.45. The van der Waals surface area contributed by atoms with E-state index >= 15 is 0 Å². The number of hydrogen-bond acceptors (Lipinski definition) is 1. The second kappa shape index (κ2) is 6.26. The molecule has 0 bridgehead atoms. The fraction of sp³-hybridized carbons (Fsp3) is 1.00. The molecule has 2 aliphatic rings. The minimum absolute atomic E-state index is 0.405. The van der Waals surface area contributed by atoms with Gasteiger partial charge in [-0.05, 0) is 38.6 Å². The maximum absolute atomic E-state index is 6.45. The van der Waals surface area contributed by atoms with Crippen LogP contribution in [0.15, 0.2) is 0 Å². The van der Waals surface area contributed by atoms with Crippen LogP contribution in [0.25, 0.3) is 0 Å². The highest BCUT2D eigenvalue weighted by molar-refractivity contribution is 6.21. The van der Waals surface area contributed by atoms with E-state index < -0.39 is 0 Å². The minimum atomic E-state index is 0.405. The van der Waals surface area contributed by atoms with Crippen molar-refractivity contribution >= 4 is 11.6 Å². The summed E-state index contributed by atoms with van der Waals surface area (Å²) in [7, 11) is 2.29. The van der Waals surface area contributed by atoms with Crippen LogP contribution in [0.5, 0.6) is 0 Å². The number of hydrogen-bond donors (Lipinski definition) is 0. The zero-order valence-corrected chi connectivity index (χ0v) is 11.4. The molecular weight excluding hydrogens is 218 g/mol. The lowest BCUT2D eigenvalue weighted by Gasteiger charge is -2.37. The van der Waals surface area contributed by atoms with Crippen LogP contribution in [0.4, 0.5) is 0 Å². The van der Waals surface area contributed by atoms with Gasteiger partial charge in [-0.2, -0.15) is 0 Å². The summed E-state index contributed by atoms with van der Waals surface area (Å²) >= 11 is 6.45. The van der Waals surface area contributed by atoms with Crippen LogP contribution in [0.1, 0.15) is 57.8 Å². The molecule has 2 saturated carbocycles. The molecule has 0 N–H and O–H groups in total. The van der Waals surface area contributed by atoms with E-state index in [2.05, 4.69) is 11.9 Å². The molecule has 0 heterocycles. The largest absolute Gasteiger partial charge is 0.302 e. The molecule has 0 radical (unpaired) electrons. The second-order valence-electron chi connectivity index (χ2n) is 5.81. The first kappa shape index (κ1) is 12.7. The normalized spacial score (nSPS) is 33.2. The molecule has 2 rings (SSSR count). The van der Waals surface area contributed by atoms with E-state index in [0.29, 0.717) is 11.4 Å². The lowest BCUT2D eigenvalue weighted by atomic mass is 9.87. The molecule has 94 valence electrons. The van der Waals surface area contributed by atoms with Crippen molar-refractivity contribution in [3.05, 3.63) is 0 Å². The van der Waals surface area contributed by atoms with Gasteiger partial charge in [0.15, 0.2) is 0 Å². The van der Waals surface area contributed by atoms with E-state index in [1.54, 1.807) is 0 Å². The molecule has 2 aliphatic carbocycles. The topological polar surface area (TPSA) is 3.24 Å². The van der Waals surface area contributed by atoms with Gasteiger partial charge in [0.05, 0.1) is 0 Å². The van der Waals surface area contributed by atoms with E-state index in [0.717, 1.165) is 5.92 Å². The van der Waals surface area contributed by atoms with Crippen molar-refractivity contribution in [2.45, 2.75) is 69.2 Å². The Bertz CT molecular complexity index is 201. The Morgan fingerprint density at radius 2 is 1.56 bits per heavy atom. The van der Waals surface area contributed by atoms with Crippen molar-refractivity contribution in [1.29, 1.82) is 0 Å². The van der Waals surface area contributed by atoms with E-state index in [4.69, 9.17) is 11.6 Å². The molecule has 0 aromatic rings. The van der Waals surface area contributed by atoms with Crippen LogP contribution < -0.4 is 0 Å². The Hall–Kier alpha value is 0.250. The quantitative estimate of drug-likeness (QED) is 0.676. The van der Waals surface area contributed by atoms with Crippen LogP contribution >= 0.6 is 11.6 Å². The fourth-order valence-electron chi connectivity index (χ4n) is 3.47. The lowest BCUT2D eigenvalue weighted by Crippen LogP contribution is -2.43. The third kappa shape index (κ3) is 3.37. The van der Waals surface area contributed by atoms with Crippen molar-refractivity contribution in [3.8, 4) is 0 Å². The number of alkyl halides is 1. The third-order valence-corrected chi connectivity index (χ3v) is 4.99. The summed E-state index contributed by atoms with van der Waals surface area (Å²) in [6, 6.07) is 0.650. The first-order valence-corrected chi connectivity index (χ1v) is 7.55. The third-order valence-electron chi connectivity index (χ3n) is 4.48. The molecule has 0 spiro atoms. The van der Waals surface area contributed by atoms with Gasteiger partial charge in [-0.3, -0.25) is 0 Å². The van der Waals surface area contributed by atoms with Crippen LogP contribution in [0.3, 0.4) is 0 Å². The second-order valence-corrected chi connectivity index (χ2v) is 6.37. The van der Waals surface area contributed by atoms with Crippen molar-refractivity contribution in [2.75, 3.05) is 13.6 Å². The summed E-state index contributed by atoms with van der Waals surface area (Å²) in [4.78, 5) is 2.56. The van der Waals surface area contributed by atoms with Gasteiger partial charge in [-0.25, -0.2) is 0 Å². The Balaban J connectivity index is 1.78. The zero-order valence-electron chi connectivity index (χ0n) is 10.6. The first-order chi connectivity index (χ1) is 7.77. The average Bonchev–Trinajstić information content (AvgIpc) is 2.31. The van der Waals surface area contributed by atoms with Gasteiger partial charge in [-0.1, -0.05) is 32.1 Å². The molecule has 16 heavy (non-hydrogen) atoms. The molecule has 0 aliphatic heterocycles. The Morgan fingerprint density at radius 1 is 0.938 bits per heavy atom. The fourth-order valence-corrected chi connectivity index (χ4v) is 3.95. The summed E-state index contributed by atoms with van der Waals surface area (Å²) in [5.41, 5.74) is 0. The number of rotatable bonds is 3. The zero-order chi connectivity index (χ0) is 11.4. The Labute approximate surface area is 106 Å². The smallest absolute Gasteiger partial charge is 0.0491 e. The highest BCUT2D eigenvalue weighted by Crippen LogP contribution is 2.29. The Morgan fingerprint density at radius 3 is 2.25 bits per heavy atom. The summed E-state index contributed by atoms with van der Waals surface area (Å²) in [5, 5.41) is 0.405. The summed E-state index contributed by atoms with van der Waals surface area (Å²) < 4.78 is 0. The van der Waals surface area contributed by atoms with E-state index in [1.807, 2.05) is 0 Å². The average molecular weight is 244 g/mol. The molecule has 2 heteroatoms. The maximum Gasteiger partial charge on any atom is 0.0491 e. The van der Waals surface area contributed by atoms with Crippen molar-refractivity contribution < 1.29 is 0 Å². The molecule has 2 atom stereocenters. The van der Waals surface area contributed by atoms with Gasteiger partial charge < -0.3 is 4.90 Å². The predicted octanol–water partition coefficient (Wildman–Crippen LogP) is 4.05. The summed E-state index contributed by atoms with van der Waals surface area (Å²) in [6.45, 7) is 1.29. The monoisotopic (exact) mass is 243 g/mol. The van der Waals surface area contributed by atoms with Gasteiger partial charge in [-0.15, -0.1) is 11.6 Å². The highest BCUT2D eigenvalue weighted by Gasteiger charge is 2.28. The van der Waals surface area contributed by atoms with Crippen LogP contribution in [-0.4, -0.2) is 29.9 Å². The van der Waals surface area contributed by atoms with E-state index in [9.17, 15) is 0 Å². The van der Waals surface area contributed by atoms with Gasteiger partial charge in [0.25, 0.3) is 0 Å². The van der Waals surface area contributed by atoms with Crippen molar-refractivity contribution in [1.82, 2.24) is 4.90 Å². The van der Waals surface area contributed by atoms with Gasteiger partial charge in [0.2, 0.25) is 0 Å². The molecule has 0 saturated heterocycles. The highest BCUT2D eigenvalue weighted by atomic mass is 35.5.